The van der Waals surface area contributed by atoms with Crippen LogP contribution in [0, 0.1) is 11.6 Å². The van der Waals surface area contributed by atoms with Gasteiger partial charge in [0.15, 0.2) is 34.2 Å². The van der Waals surface area contributed by atoms with Crippen molar-refractivity contribution in [1.82, 2.24) is 9.97 Å². The van der Waals surface area contributed by atoms with Crippen molar-refractivity contribution in [1.29, 1.82) is 0 Å². The number of aliphatic hydroxyl groups excluding tert-OH is 1. The molecule has 2 fully saturated rings. The van der Waals surface area contributed by atoms with Gasteiger partial charge in [-0.3, -0.25) is 4.90 Å². The first-order valence-electron chi connectivity index (χ1n) is 14.1. The average molecular weight is 614 g/mol. The molecule has 2 aromatic rings. The molecule has 0 spiro atoms. The number of hydrogen-bond donors (Lipinski definition) is 5. The number of nitrogens with zero attached hydrogens (tertiary/aromatic N) is 3. The van der Waals surface area contributed by atoms with Crippen molar-refractivity contribution in [3.8, 4) is 0 Å². The number of hydrogen-bond acceptors (Lipinski definition) is 10. The number of carbonyl (C=O) groups excluding carboxylic acids is 1. The van der Waals surface area contributed by atoms with Crippen LogP contribution in [-0.4, -0.2) is 66.7 Å². The van der Waals surface area contributed by atoms with E-state index >= 15 is 0 Å². The van der Waals surface area contributed by atoms with Gasteiger partial charge in [0.25, 0.3) is 0 Å². The van der Waals surface area contributed by atoms with Gasteiger partial charge in [-0.25, -0.2) is 23.5 Å². The molecular formula is C29H45F2N5O5S. The molecule has 1 aromatic carbocycles. The summed E-state index contributed by atoms with van der Waals surface area (Å²) >= 11 is 1.54. The zero-order chi connectivity index (χ0) is 31.7. The monoisotopic (exact) mass is 613 g/mol. The van der Waals surface area contributed by atoms with Gasteiger partial charge in [0, 0.05) is 17.8 Å². The predicted molar refractivity (Wildman–Crippen MR) is 161 cm³/mol. The highest BCUT2D eigenvalue weighted by Crippen LogP contribution is 2.39. The molecule has 1 heterocycles. The number of carbonyl (C=O) groups is 1. The highest BCUT2D eigenvalue weighted by molar-refractivity contribution is 7.99. The summed E-state index contributed by atoms with van der Waals surface area (Å²) in [5.41, 5.74) is 6.20. The number of nitrogen functional groups attached to an aromatic ring is 1. The summed E-state index contributed by atoms with van der Waals surface area (Å²) in [5, 5.41) is 30.0. The van der Waals surface area contributed by atoms with Crippen LogP contribution < -0.4 is 16.0 Å². The van der Waals surface area contributed by atoms with Gasteiger partial charge < -0.3 is 31.1 Å². The summed E-state index contributed by atoms with van der Waals surface area (Å²) in [5.74, 6) is -1.28. The van der Waals surface area contributed by atoms with E-state index in [-0.39, 0.29) is 18.2 Å². The molecule has 0 saturated heterocycles. The van der Waals surface area contributed by atoms with Gasteiger partial charge in [0.2, 0.25) is 0 Å². The average Bonchev–Trinajstić information content (AvgIpc) is 3.60. The summed E-state index contributed by atoms with van der Waals surface area (Å²) in [7, 11) is 0. The summed E-state index contributed by atoms with van der Waals surface area (Å²) < 4.78 is 29.5. The summed E-state index contributed by atoms with van der Waals surface area (Å²) in [6.07, 6.45) is 4.34. The van der Waals surface area contributed by atoms with E-state index in [4.69, 9.17) is 20.7 Å². The van der Waals surface area contributed by atoms with E-state index < -0.39 is 29.1 Å². The second kappa shape index (κ2) is 15.6. The van der Waals surface area contributed by atoms with Crippen molar-refractivity contribution >= 4 is 35.2 Å². The summed E-state index contributed by atoms with van der Waals surface area (Å²) in [4.78, 5) is 23.8. The van der Waals surface area contributed by atoms with Gasteiger partial charge in [-0.1, -0.05) is 30.8 Å². The van der Waals surface area contributed by atoms with Gasteiger partial charge >= 0.3 is 6.09 Å². The Balaban J connectivity index is 0.000000391. The second-order valence-corrected chi connectivity index (χ2v) is 12.8. The van der Waals surface area contributed by atoms with Crippen LogP contribution in [-0.2, 0) is 4.74 Å². The van der Waals surface area contributed by atoms with Gasteiger partial charge in [0.05, 0.1) is 6.10 Å². The maximum absolute atomic E-state index is 12.9. The molecule has 42 heavy (non-hydrogen) atoms. The van der Waals surface area contributed by atoms with E-state index in [0.717, 1.165) is 50.0 Å². The molecule has 2 unspecified atom stereocenters. The zero-order valence-corrected chi connectivity index (χ0v) is 26.0. The van der Waals surface area contributed by atoms with Crippen LogP contribution in [0.3, 0.4) is 0 Å². The minimum Gasteiger partial charge on any atom is -0.443 e. The molecule has 2 atom stereocenters. The first kappa shape index (κ1) is 35.5. The van der Waals surface area contributed by atoms with Crippen molar-refractivity contribution in [3.05, 3.63) is 35.9 Å². The highest BCUT2D eigenvalue weighted by Gasteiger charge is 2.39. The molecule has 10 nitrogen and oxygen atoms in total. The lowest BCUT2D eigenvalue weighted by Crippen LogP contribution is -2.39. The molecule has 0 aliphatic heterocycles. The van der Waals surface area contributed by atoms with Gasteiger partial charge in [-0.15, -0.1) is 0 Å². The van der Waals surface area contributed by atoms with E-state index in [1.54, 1.807) is 16.7 Å². The van der Waals surface area contributed by atoms with Crippen molar-refractivity contribution in [2.75, 3.05) is 21.7 Å². The van der Waals surface area contributed by atoms with Crippen LogP contribution in [0.15, 0.2) is 29.4 Å². The Hall–Kier alpha value is -2.74. The van der Waals surface area contributed by atoms with Crippen LogP contribution in [0.5, 0.6) is 0 Å². The number of rotatable bonds is 7. The topological polar surface area (TPSA) is 154 Å². The van der Waals surface area contributed by atoms with Crippen molar-refractivity contribution in [2.24, 2.45) is 0 Å². The van der Waals surface area contributed by atoms with E-state index in [2.05, 4.69) is 22.2 Å². The Morgan fingerprint density at radius 1 is 1.10 bits per heavy atom. The number of amides is 1. The molecule has 6 N–H and O–H groups in total. The van der Waals surface area contributed by atoms with Crippen molar-refractivity contribution < 1.29 is 33.6 Å². The van der Waals surface area contributed by atoms with Crippen LogP contribution >= 0.6 is 11.8 Å². The largest absolute Gasteiger partial charge is 0.443 e. The third-order valence-electron chi connectivity index (χ3n) is 5.64. The quantitative estimate of drug-likeness (QED) is 0.154. The van der Waals surface area contributed by atoms with Crippen LogP contribution in [0.4, 0.5) is 30.9 Å². The predicted octanol–water partition coefficient (Wildman–Crippen LogP) is 5.46. The SMILES string of the molecule is CC(C)(O)O.CCCSc1nc(NC2CCC(O)C2)c(N)c(N(C(=O)OC(C)(C)C)C2CC2)n1.Fc1ccccc1F. The normalized spacial score (nSPS) is 18.3. The number of ether oxygens (including phenoxy) is 1. The smallest absolute Gasteiger partial charge is 0.416 e. The lowest BCUT2D eigenvalue weighted by molar-refractivity contribution is -0.127. The summed E-state index contributed by atoms with van der Waals surface area (Å²) in [6.45, 7) is 10.2. The molecule has 2 aliphatic rings. The molecule has 2 saturated carbocycles. The number of anilines is 3. The Labute approximate surface area is 251 Å². The van der Waals surface area contributed by atoms with Crippen LogP contribution in [0.1, 0.15) is 80.1 Å². The molecule has 13 heteroatoms. The summed E-state index contributed by atoms with van der Waals surface area (Å²) in [6, 6.07) is 5.20. The van der Waals surface area contributed by atoms with Gasteiger partial charge in [-0.05, 0) is 85.3 Å². The molecular weight excluding hydrogens is 568 g/mol. The number of halogens is 2. The Bertz CT molecular complexity index is 1130. The number of benzene rings is 1. The maximum Gasteiger partial charge on any atom is 0.416 e. The minimum absolute atomic E-state index is 0.0484. The molecule has 1 aromatic heterocycles. The van der Waals surface area contributed by atoms with Gasteiger partial charge in [-0.2, -0.15) is 0 Å². The lowest BCUT2D eigenvalue weighted by atomic mass is 10.2. The number of aromatic nitrogens is 2. The number of aliphatic hydroxyl groups is 3. The Morgan fingerprint density at radius 2 is 1.67 bits per heavy atom. The van der Waals surface area contributed by atoms with Gasteiger partial charge in [0.1, 0.15) is 11.3 Å². The molecule has 0 bridgehead atoms. The van der Waals surface area contributed by atoms with Crippen molar-refractivity contribution in [3.63, 3.8) is 0 Å². The third-order valence-corrected chi connectivity index (χ3v) is 6.69. The zero-order valence-electron chi connectivity index (χ0n) is 25.2. The van der Waals surface area contributed by atoms with E-state index in [1.807, 2.05) is 20.8 Å². The fourth-order valence-electron chi connectivity index (χ4n) is 3.76. The second-order valence-electron chi connectivity index (χ2n) is 11.7. The van der Waals surface area contributed by atoms with E-state index in [1.165, 1.54) is 26.0 Å². The standard InChI is InChI=1S/C20H33N5O3S.C6H4F2.C3H8O2/c1-5-10-29-18-23-16(22-12-6-9-14(26)11-12)15(21)17(24-18)25(13-7-8-13)19(27)28-20(2,3)4;7-5-3-1-2-4-6(5)8;1-3(2,4)5/h12-14,26H,5-11,21H2,1-4H3,(H,22,23,24);1-4H;4-5H,1-2H3. The third kappa shape index (κ3) is 13.1. The van der Waals surface area contributed by atoms with E-state index in [9.17, 15) is 18.7 Å². The number of nitrogens with one attached hydrogen (secondary N) is 1. The fraction of sp³-hybridized carbons (Fsp3) is 0.621. The van der Waals surface area contributed by atoms with E-state index in [0.29, 0.717) is 28.9 Å². The number of thioether (sulfide) groups is 1. The fourth-order valence-corrected chi connectivity index (χ4v) is 4.46. The molecule has 236 valence electrons. The first-order chi connectivity index (χ1) is 19.5. The van der Waals surface area contributed by atoms with Crippen LogP contribution in [0.25, 0.3) is 0 Å². The van der Waals surface area contributed by atoms with Crippen molar-refractivity contribution in [2.45, 2.75) is 115 Å². The molecule has 2 aliphatic carbocycles. The number of nitrogens with two attached hydrogens (primary N) is 1. The van der Waals surface area contributed by atoms with Crippen LogP contribution in [0.2, 0.25) is 0 Å². The maximum atomic E-state index is 12.9. The first-order valence-corrected chi connectivity index (χ1v) is 15.1. The minimum atomic E-state index is -1.50. The Morgan fingerprint density at radius 3 is 2.10 bits per heavy atom. The molecule has 0 radical (unpaired) electrons. The molecule has 4 rings (SSSR count). The lowest BCUT2D eigenvalue weighted by Gasteiger charge is -2.28. The Kier molecular flexibility index (Phi) is 13.2. The molecule has 1 amide bonds. The highest BCUT2D eigenvalue weighted by atomic mass is 32.2.